The molecule has 1 fully saturated rings. The van der Waals surface area contributed by atoms with Gasteiger partial charge in [-0.2, -0.15) is 0 Å². The van der Waals surface area contributed by atoms with E-state index in [0.29, 0.717) is 6.54 Å². The van der Waals surface area contributed by atoms with E-state index in [0.717, 1.165) is 25.7 Å². The van der Waals surface area contributed by atoms with Crippen LogP contribution in [0.25, 0.3) is 0 Å². The topological polar surface area (TPSA) is 107 Å². The molecule has 0 aromatic rings. The van der Waals surface area contributed by atoms with Crippen LogP contribution in [0.2, 0.25) is 0 Å². The van der Waals surface area contributed by atoms with Crippen molar-refractivity contribution in [2.45, 2.75) is 51.1 Å². The Morgan fingerprint density at radius 3 is 2.53 bits per heavy atom. The fourth-order valence-corrected chi connectivity index (χ4v) is 2.18. The molecular weight excluding hydrogens is 252 g/mol. The zero-order valence-corrected chi connectivity index (χ0v) is 11.0. The quantitative estimate of drug-likeness (QED) is 0.704. The Morgan fingerprint density at radius 1 is 1.26 bits per heavy atom. The molecule has 0 saturated carbocycles. The first-order chi connectivity index (χ1) is 8.91. The maximum atomic E-state index is 12.0. The molecule has 1 heterocycles. The van der Waals surface area contributed by atoms with Crippen LogP contribution in [0.1, 0.15) is 39.0 Å². The molecule has 0 spiro atoms. The van der Waals surface area contributed by atoms with Gasteiger partial charge in [-0.05, 0) is 19.8 Å². The van der Waals surface area contributed by atoms with Gasteiger partial charge >= 0.3 is 18.0 Å². The van der Waals surface area contributed by atoms with E-state index in [2.05, 4.69) is 5.32 Å². The zero-order chi connectivity index (χ0) is 14.4. The van der Waals surface area contributed by atoms with Gasteiger partial charge in [-0.3, -0.25) is 4.79 Å². The molecule has 19 heavy (non-hydrogen) atoms. The number of amides is 2. The molecule has 1 rings (SSSR count). The van der Waals surface area contributed by atoms with Crippen molar-refractivity contribution in [2.75, 3.05) is 6.54 Å². The molecule has 1 aliphatic rings. The highest BCUT2D eigenvalue weighted by Gasteiger charge is 2.28. The summed E-state index contributed by atoms with van der Waals surface area (Å²) in [6.45, 7) is 2.49. The minimum Gasteiger partial charge on any atom is -0.481 e. The lowest BCUT2D eigenvalue weighted by Crippen LogP contribution is -2.51. The van der Waals surface area contributed by atoms with Crippen molar-refractivity contribution >= 4 is 18.0 Å². The van der Waals surface area contributed by atoms with Gasteiger partial charge in [0.1, 0.15) is 6.04 Å². The highest BCUT2D eigenvalue weighted by Crippen LogP contribution is 2.16. The van der Waals surface area contributed by atoms with E-state index in [1.54, 1.807) is 4.90 Å². The fraction of sp³-hybridized carbons (Fsp3) is 0.750. The summed E-state index contributed by atoms with van der Waals surface area (Å²) in [5.41, 5.74) is 0. The number of carbonyl (C=O) groups is 3. The molecule has 1 aliphatic heterocycles. The molecule has 7 nitrogen and oxygen atoms in total. The molecule has 2 atom stereocenters. The van der Waals surface area contributed by atoms with Gasteiger partial charge in [0.25, 0.3) is 0 Å². The van der Waals surface area contributed by atoms with Crippen LogP contribution in [-0.4, -0.2) is 51.7 Å². The van der Waals surface area contributed by atoms with E-state index in [1.165, 1.54) is 0 Å². The fourth-order valence-electron chi connectivity index (χ4n) is 2.18. The lowest BCUT2D eigenvalue weighted by Gasteiger charge is -2.28. The van der Waals surface area contributed by atoms with Crippen molar-refractivity contribution in [3.05, 3.63) is 0 Å². The minimum atomic E-state index is -1.39. The Balaban J connectivity index is 2.64. The second kappa shape index (κ2) is 6.96. The molecule has 0 bridgehead atoms. The Kier molecular flexibility index (Phi) is 5.59. The summed E-state index contributed by atoms with van der Waals surface area (Å²) >= 11 is 0. The summed E-state index contributed by atoms with van der Waals surface area (Å²) in [6.07, 6.45) is 3.23. The third-order valence-electron chi connectivity index (χ3n) is 3.29. The maximum absolute atomic E-state index is 12.0. The van der Waals surface area contributed by atoms with Crippen molar-refractivity contribution in [2.24, 2.45) is 0 Å². The van der Waals surface area contributed by atoms with Gasteiger partial charge in [-0.25, -0.2) is 9.59 Å². The number of nitrogens with one attached hydrogen (secondary N) is 1. The van der Waals surface area contributed by atoms with Crippen LogP contribution in [-0.2, 0) is 9.59 Å². The number of aliphatic carboxylic acids is 2. The van der Waals surface area contributed by atoms with Crippen LogP contribution in [0.15, 0.2) is 0 Å². The van der Waals surface area contributed by atoms with Gasteiger partial charge < -0.3 is 20.4 Å². The van der Waals surface area contributed by atoms with Crippen molar-refractivity contribution in [3.8, 4) is 0 Å². The number of nitrogens with zero attached hydrogens (tertiary/aromatic N) is 1. The predicted molar refractivity (Wildman–Crippen MR) is 66.8 cm³/mol. The molecule has 0 aliphatic carbocycles. The van der Waals surface area contributed by atoms with E-state index in [1.807, 2.05) is 6.92 Å². The molecule has 108 valence electrons. The molecular formula is C12H20N2O5. The number of carbonyl (C=O) groups excluding carboxylic acids is 1. The molecule has 0 radical (unpaired) electrons. The third-order valence-corrected chi connectivity index (χ3v) is 3.29. The molecule has 2 unspecified atom stereocenters. The molecule has 0 aromatic heterocycles. The highest BCUT2D eigenvalue weighted by atomic mass is 16.4. The zero-order valence-electron chi connectivity index (χ0n) is 11.0. The number of likely N-dealkylation sites (tertiary alicyclic amines) is 1. The number of hydrogen-bond donors (Lipinski definition) is 3. The number of urea groups is 1. The van der Waals surface area contributed by atoms with Gasteiger partial charge in [-0.1, -0.05) is 12.8 Å². The van der Waals surface area contributed by atoms with Gasteiger partial charge in [-0.15, -0.1) is 0 Å². The average Bonchev–Trinajstić information content (AvgIpc) is 2.52. The molecule has 0 aromatic carbocycles. The van der Waals surface area contributed by atoms with Crippen molar-refractivity contribution < 1.29 is 24.6 Å². The van der Waals surface area contributed by atoms with Crippen LogP contribution < -0.4 is 5.32 Å². The predicted octanol–water partition coefficient (Wildman–Crippen LogP) is 0.888. The van der Waals surface area contributed by atoms with E-state index in [9.17, 15) is 14.4 Å². The number of hydrogen-bond acceptors (Lipinski definition) is 3. The third kappa shape index (κ3) is 4.76. The van der Waals surface area contributed by atoms with Crippen molar-refractivity contribution in [1.82, 2.24) is 10.2 Å². The van der Waals surface area contributed by atoms with E-state index < -0.39 is 30.4 Å². The maximum Gasteiger partial charge on any atom is 0.326 e. The standard InChI is InChI=1S/C12H20N2O5/c1-8-5-3-2-4-6-14(8)12(19)13-9(11(17)18)7-10(15)16/h8-9H,2-7H2,1H3,(H,13,19)(H,15,16)(H,17,18). The van der Waals surface area contributed by atoms with Crippen LogP contribution in [0, 0.1) is 0 Å². The highest BCUT2D eigenvalue weighted by molar-refractivity contribution is 5.86. The lowest BCUT2D eigenvalue weighted by molar-refractivity contribution is -0.145. The molecule has 1 saturated heterocycles. The normalized spacial score (nSPS) is 21.3. The summed E-state index contributed by atoms with van der Waals surface area (Å²) in [6, 6.07) is -1.84. The Morgan fingerprint density at radius 2 is 1.95 bits per heavy atom. The van der Waals surface area contributed by atoms with Crippen molar-refractivity contribution in [3.63, 3.8) is 0 Å². The average molecular weight is 272 g/mol. The Labute approximate surface area is 111 Å². The van der Waals surface area contributed by atoms with Crippen molar-refractivity contribution in [1.29, 1.82) is 0 Å². The summed E-state index contributed by atoms with van der Waals surface area (Å²) < 4.78 is 0. The van der Waals surface area contributed by atoms with Gasteiger partial charge in [0.15, 0.2) is 0 Å². The van der Waals surface area contributed by atoms with Crippen LogP contribution in [0.3, 0.4) is 0 Å². The first-order valence-corrected chi connectivity index (χ1v) is 6.43. The smallest absolute Gasteiger partial charge is 0.326 e. The van der Waals surface area contributed by atoms with Crippen LogP contribution >= 0.6 is 0 Å². The van der Waals surface area contributed by atoms with Gasteiger partial charge in [0.2, 0.25) is 0 Å². The molecule has 2 amide bonds. The number of carboxylic acids is 2. The Hall–Kier alpha value is -1.79. The van der Waals surface area contributed by atoms with E-state index in [4.69, 9.17) is 10.2 Å². The van der Waals surface area contributed by atoms with E-state index >= 15 is 0 Å². The largest absolute Gasteiger partial charge is 0.481 e. The summed E-state index contributed by atoms with van der Waals surface area (Å²) in [5, 5.41) is 19.8. The lowest BCUT2D eigenvalue weighted by atomic mass is 10.1. The minimum absolute atomic E-state index is 0.0433. The number of rotatable bonds is 4. The first-order valence-electron chi connectivity index (χ1n) is 6.43. The SMILES string of the molecule is CC1CCCCCN1C(=O)NC(CC(=O)O)C(=O)O. The second-order valence-corrected chi connectivity index (χ2v) is 4.83. The van der Waals surface area contributed by atoms with Crippen LogP contribution in [0.4, 0.5) is 4.79 Å². The second-order valence-electron chi connectivity index (χ2n) is 4.83. The number of carboxylic acid groups (broad SMARTS) is 2. The molecule has 3 N–H and O–H groups in total. The monoisotopic (exact) mass is 272 g/mol. The molecule has 7 heteroatoms. The van der Waals surface area contributed by atoms with Gasteiger partial charge in [0, 0.05) is 12.6 Å². The first kappa shape index (κ1) is 15.3. The summed E-state index contributed by atoms with van der Waals surface area (Å²) in [7, 11) is 0. The summed E-state index contributed by atoms with van der Waals surface area (Å²) in [4.78, 5) is 35.1. The van der Waals surface area contributed by atoms with E-state index in [-0.39, 0.29) is 6.04 Å². The van der Waals surface area contributed by atoms with Crippen LogP contribution in [0.5, 0.6) is 0 Å². The Bertz CT molecular complexity index is 358. The summed E-state index contributed by atoms with van der Waals surface area (Å²) in [5.74, 6) is -2.59. The van der Waals surface area contributed by atoms with Gasteiger partial charge in [0.05, 0.1) is 6.42 Å².